The Morgan fingerprint density at radius 2 is 1.39 bits per heavy atom. The third kappa shape index (κ3) is 5.45. The summed E-state index contributed by atoms with van der Waals surface area (Å²) in [6.07, 6.45) is 8.82. The lowest BCUT2D eigenvalue weighted by molar-refractivity contribution is 0.556. The van der Waals surface area contributed by atoms with Gasteiger partial charge >= 0.3 is 0 Å². The van der Waals surface area contributed by atoms with E-state index in [0.29, 0.717) is 16.7 Å². The minimum absolute atomic E-state index is 0.451. The van der Waals surface area contributed by atoms with E-state index >= 15 is 0 Å². The molecule has 3 aromatic rings. The van der Waals surface area contributed by atoms with Crippen LogP contribution in [0.4, 0.5) is 17.8 Å². The van der Waals surface area contributed by atoms with Gasteiger partial charge in [0.25, 0.3) is 0 Å². The molecule has 1 N–H and O–H groups in total. The number of halogens is 1. The molecule has 2 aliphatic heterocycles. The standard InChI is InChI=1S/C24H28ClN7O/c25-19-9-7-18(8-10-19)21-12-11-20(33-21)17-26-30-22-27-23(31-13-3-1-4-14-31)29-24(28-22)32-15-5-2-6-16-32/h7-12,17H,1-6,13-16H2,(H,27,28,29,30). The van der Waals surface area contributed by atoms with Gasteiger partial charge in [-0.15, -0.1) is 0 Å². The van der Waals surface area contributed by atoms with E-state index in [-0.39, 0.29) is 0 Å². The van der Waals surface area contributed by atoms with Gasteiger partial charge < -0.3 is 14.2 Å². The summed E-state index contributed by atoms with van der Waals surface area (Å²) in [5.41, 5.74) is 3.95. The fourth-order valence-corrected chi connectivity index (χ4v) is 4.35. The number of anilines is 3. The van der Waals surface area contributed by atoms with Gasteiger partial charge in [0, 0.05) is 36.8 Å². The first kappa shape index (κ1) is 21.7. The minimum Gasteiger partial charge on any atom is -0.455 e. The fraction of sp³-hybridized carbons (Fsp3) is 0.417. The Morgan fingerprint density at radius 1 is 0.788 bits per heavy atom. The summed E-state index contributed by atoms with van der Waals surface area (Å²) in [5, 5.41) is 5.02. The highest BCUT2D eigenvalue weighted by atomic mass is 35.5. The molecule has 4 heterocycles. The Hall–Kier alpha value is -3.13. The first-order valence-electron chi connectivity index (χ1n) is 11.7. The zero-order chi connectivity index (χ0) is 22.5. The largest absolute Gasteiger partial charge is 0.455 e. The maximum atomic E-state index is 5.97. The van der Waals surface area contributed by atoms with Crippen LogP contribution in [0.5, 0.6) is 0 Å². The third-order valence-corrected chi connectivity index (χ3v) is 6.25. The van der Waals surface area contributed by atoms with E-state index in [1.165, 1.54) is 38.5 Å². The highest BCUT2D eigenvalue weighted by Gasteiger charge is 2.20. The predicted octanol–water partition coefficient (Wildman–Crippen LogP) is 5.21. The lowest BCUT2D eigenvalue weighted by Gasteiger charge is -2.30. The molecule has 2 fully saturated rings. The number of rotatable bonds is 6. The van der Waals surface area contributed by atoms with E-state index in [1.54, 1.807) is 6.21 Å². The first-order chi connectivity index (χ1) is 16.2. The molecule has 5 rings (SSSR count). The average Bonchev–Trinajstić information content (AvgIpc) is 3.34. The Balaban J connectivity index is 1.32. The van der Waals surface area contributed by atoms with E-state index in [4.69, 9.17) is 21.0 Å². The number of nitrogens with one attached hydrogen (secondary N) is 1. The van der Waals surface area contributed by atoms with Crippen LogP contribution in [0.3, 0.4) is 0 Å². The van der Waals surface area contributed by atoms with Gasteiger partial charge in [0.2, 0.25) is 17.8 Å². The molecule has 8 nitrogen and oxygen atoms in total. The van der Waals surface area contributed by atoms with E-state index in [1.807, 2.05) is 36.4 Å². The summed E-state index contributed by atoms with van der Waals surface area (Å²) in [6, 6.07) is 11.3. The number of aromatic nitrogens is 3. The quantitative estimate of drug-likeness (QED) is 0.395. The van der Waals surface area contributed by atoms with Crippen molar-refractivity contribution in [3.63, 3.8) is 0 Å². The van der Waals surface area contributed by atoms with Crippen LogP contribution in [-0.4, -0.2) is 47.3 Å². The molecule has 0 bridgehead atoms. The topological polar surface area (TPSA) is 82.7 Å². The van der Waals surface area contributed by atoms with Gasteiger partial charge in [-0.3, -0.25) is 0 Å². The molecule has 9 heteroatoms. The molecule has 1 aromatic carbocycles. The second kappa shape index (κ2) is 10.2. The number of hydrazone groups is 1. The van der Waals surface area contributed by atoms with Crippen LogP contribution in [0.1, 0.15) is 44.3 Å². The van der Waals surface area contributed by atoms with E-state index in [0.717, 1.165) is 49.4 Å². The van der Waals surface area contributed by atoms with Crippen LogP contribution in [0.2, 0.25) is 5.02 Å². The second-order valence-corrected chi connectivity index (χ2v) is 8.87. The van der Waals surface area contributed by atoms with Gasteiger partial charge in [-0.2, -0.15) is 20.1 Å². The molecule has 0 unspecified atom stereocenters. The number of benzene rings is 1. The summed E-state index contributed by atoms with van der Waals surface area (Å²) in [4.78, 5) is 18.6. The summed E-state index contributed by atoms with van der Waals surface area (Å²) in [6.45, 7) is 3.91. The number of nitrogens with zero attached hydrogens (tertiary/aromatic N) is 6. The van der Waals surface area contributed by atoms with Crippen molar-refractivity contribution in [1.29, 1.82) is 0 Å². The maximum absolute atomic E-state index is 5.97. The van der Waals surface area contributed by atoms with Crippen LogP contribution < -0.4 is 15.2 Å². The molecule has 2 aromatic heterocycles. The molecule has 2 aliphatic rings. The van der Waals surface area contributed by atoms with Gasteiger partial charge in [-0.25, -0.2) is 5.43 Å². The van der Waals surface area contributed by atoms with Crippen molar-refractivity contribution in [3.05, 3.63) is 47.2 Å². The van der Waals surface area contributed by atoms with Crippen molar-refractivity contribution in [2.24, 2.45) is 5.10 Å². The molecular weight excluding hydrogens is 438 g/mol. The van der Waals surface area contributed by atoms with Gasteiger partial charge in [-0.05, 0) is 74.9 Å². The molecule has 0 aliphatic carbocycles. The smallest absolute Gasteiger partial charge is 0.250 e. The first-order valence-corrected chi connectivity index (χ1v) is 12.0. The molecule has 172 valence electrons. The van der Waals surface area contributed by atoms with Crippen molar-refractivity contribution in [3.8, 4) is 11.3 Å². The monoisotopic (exact) mass is 465 g/mol. The van der Waals surface area contributed by atoms with E-state index in [2.05, 4.69) is 30.3 Å². The van der Waals surface area contributed by atoms with Gasteiger partial charge in [-0.1, -0.05) is 11.6 Å². The summed E-state index contributed by atoms with van der Waals surface area (Å²) in [5.74, 6) is 3.30. The van der Waals surface area contributed by atoms with Gasteiger partial charge in [0.05, 0.1) is 6.21 Å². The van der Waals surface area contributed by atoms with Crippen LogP contribution in [0.15, 0.2) is 45.9 Å². The molecule has 0 radical (unpaired) electrons. The lowest BCUT2D eigenvalue weighted by Crippen LogP contribution is -2.34. The molecule has 0 spiro atoms. The molecule has 33 heavy (non-hydrogen) atoms. The summed E-state index contributed by atoms with van der Waals surface area (Å²) >= 11 is 5.97. The molecule has 2 saturated heterocycles. The number of hydrogen-bond donors (Lipinski definition) is 1. The van der Waals surface area contributed by atoms with E-state index in [9.17, 15) is 0 Å². The number of furan rings is 1. The maximum Gasteiger partial charge on any atom is 0.250 e. The second-order valence-electron chi connectivity index (χ2n) is 8.43. The van der Waals surface area contributed by atoms with Gasteiger partial charge in [0.15, 0.2) is 0 Å². The van der Waals surface area contributed by atoms with Crippen LogP contribution in [-0.2, 0) is 0 Å². The minimum atomic E-state index is 0.451. The van der Waals surface area contributed by atoms with Crippen LogP contribution >= 0.6 is 11.6 Å². The van der Waals surface area contributed by atoms with Crippen molar-refractivity contribution < 1.29 is 4.42 Å². The summed E-state index contributed by atoms with van der Waals surface area (Å²) < 4.78 is 5.88. The number of hydrogen-bond acceptors (Lipinski definition) is 8. The van der Waals surface area contributed by atoms with Crippen molar-refractivity contribution >= 4 is 35.7 Å². The SMILES string of the molecule is Clc1ccc(-c2ccc(C=NNc3nc(N4CCCCC4)nc(N4CCCCC4)n3)o2)cc1. The highest BCUT2D eigenvalue weighted by molar-refractivity contribution is 6.30. The molecule has 0 atom stereocenters. The van der Waals surface area contributed by atoms with Crippen LogP contribution in [0.25, 0.3) is 11.3 Å². The fourth-order valence-electron chi connectivity index (χ4n) is 4.22. The zero-order valence-electron chi connectivity index (χ0n) is 18.6. The lowest BCUT2D eigenvalue weighted by atomic mass is 10.1. The molecular formula is C24H28ClN7O. The van der Waals surface area contributed by atoms with Crippen LogP contribution in [0, 0.1) is 0 Å². The molecule has 0 saturated carbocycles. The Kier molecular flexibility index (Phi) is 6.71. The zero-order valence-corrected chi connectivity index (χ0v) is 19.3. The van der Waals surface area contributed by atoms with E-state index < -0.39 is 0 Å². The Morgan fingerprint density at radius 3 is 2.00 bits per heavy atom. The van der Waals surface area contributed by atoms with Crippen molar-refractivity contribution in [2.75, 3.05) is 41.4 Å². The third-order valence-electron chi connectivity index (χ3n) is 6.00. The number of piperidine rings is 2. The highest BCUT2D eigenvalue weighted by Crippen LogP contribution is 2.24. The van der Waals surface area contributed by atoms with Crippen molar-refractivity contribution in [1.82, 2.24) is 15.0 Å². The predicted molar refractivity (Wildman–Crippen MR) is 132 cm³/mol. The Bertz CT molecular complexity index is 1050. The molecule has 0 amide bonds. The normalized spacial score (nSPS) is 17.0. The van der Waals surface area contributed by atoms with Crippen molar-refractivity contribution in [2.45, 2.75) is 38.5 Å². The Labute approximate surface area is 198 Å². The average molecular weight is 466 g/mol. The van der Waals surface area contributed by atoms with Gasteiger partial charge in [0.1, 0.15) is 11.5 Å². The summed E-state index contributed by atoms with van der Waals surface area (Å²) in [7, 11) is 0.